The van der Waals surface area contributed by atoms with Crippen molar-refractivity contribution in [2.45, 2.75) is 31.3 Å². The van der Waals surface area contributed by atoms with Gasteiger partial charge in [0.1, 0.15) is 11.9 Å². The number of likely N-dealkylation sites (tertiary alicyclic amines) is 1. The van der Waals surface area contributed by atoms with E-state index in [1.54, 1.807) is 7.05 Å². The first-order valence-corrected chi connectivity index (χ1v) is 9.10. The molecule has 3 unspecified atom stereocenters. The summed E-state index contributed by atoms with van der Waals surface area (Å²) >= 11 is 0. The number of carbonyl (C=O) groups excluding carboxylic acids is 2. The van der Waals surface area contributed by atoms with Crippen molar-refractivity contribution < 1.29 is 9.59 Å². The molecule has 0 aliphatic carbocycles. The number of aromatic nitrogens is 2. The SMILES string of the molecule is CNC(=O)C1NNC2CCN(C(=O)CCc3nc4ccccc4[nH]3)CC21. The Bertz CT molecular complexity index is 786. The molecule has 26 heavy (non-hydrogen) atoms. The van der Waals surface area contributed by atoms with E-state index in [4.69, 9.17) is 0 Å². The van der Waals surface area contributed by atoms with Crippen molar-refractivity contribution in [1.82, 2.24) is 31.0 Å². The average Bonchev–Trinajstić information content (AvgIpc) is 3.28. The first-order valence-electron chi connectivity index (χ1n) is 9.10. The molecule has 4 N–H and O–H groups in total. The minimum absolute atomic E-state index is 0.0402. The van der Waals surface area contributed by atoms with Crippen LogP contribution >= 0.6 is 0 Å². The number of fused-ring (bicyclic) bond motifs is 2. The maximum Gasteiger partial charge on any atom is 0.238 e. The summed E-state index contributed by atoms with van der Waals surface area (Å²) in [7, 11) is 1.64. The molecular weight excluding hydrogens is 332 g/mol. The molecule has 2 amide bonds. The maximum atomic E-state index is 12.7. The normalized spacial score (nSPS) is 25.3. The van der Waals surface area contributed by atoms with E-state index in [-0.39, 0.29) is 29.8 Å². The first-order chi connectivity index (χ1) is 12.7. The van der Waals surface area contributed by atoms with Crippen LogP contribution in [0.15, 0.2) is 24.3 Å². The summed E-state index contributed by atoms with van der Waals surface area (Å²) in [6.45, 7) is 1.32. The molecule has 2 aromatic rings. The molecule has 2 saturated heterocycles. The van der Waals surface area contributed by atoms with Crippen LogP contribution in [0.5, 0.6) is 0 Å². The number of rotatable bonds is 4. The van der Waals surface area contributed by atoms with Gasteiger partial charge in [-0.3, -0.25) is 15.0 Å². The van der Waals surface area contributed by atoms with Crippen molar-refractivity contribution in [3.05, 3.63) is 30.1 Å². The van der Waals surface area contributed by atoms with E-state index in [0.29, 0.717) is 19.4 Å². The van der Waals surface area contributed by atoms with Gasteiger partial charge in [-0.2, -0.15) is 0 Å². The number of hydrazine groups is 1. The lowest BCUT2D eigenvalue weighted by Crippen LogP contribution is -2.51. The largest absolute Gasteiger partial charge is 0.358 e. The molecule has 8 heteroatoms. The molecule has 0 bridgehead atoms. The lowest BCUT2D eigenvalue weighted by molar-refractivity contribution is -0.134. The molecule has 4 rings (SSSR count). The Morgan fingerprint density at radius 2 is 2.15 bits per heavy atom. The van der Waals surface area contributed by atoms with Gasteiger partial charge in [-0.05, 0) is 18.6 Å². The average molecular weight is 356 g/mol. The number of amides is 2. The number of benzene rings is 1. The number of para-hydroxylation sites is 2. The second-order valence-corrected chi connectivity index (χ2v) is 6.98. The number of imidazole rings is 1. The molecule has 1 aromatic carbocycles. The molecule has 3 atom stereocenters. The number of hydrogen-bond donors (Lipinski definition) is 4. The minimum atomic E-state index is -0.295. The van der Waals surface area contributed by atoms with Gasteiger partial charge in [-0.15, -0.1) is 0 Å². The van der Waals surface area contributed by atoms with Gasteiger partial charge >= 0.3 is 0 Å². The quantitative estimate of drug-likeness (QED) is 0.615. The van der Waals surface area contributed by atoms with Crippen LogP contribution in [-0.4, -0.2) is 58.9 Å². The molecule has 0 radical (unpaired) electrons. The Hall–Kier alpha value is -2.45. The highest BCUT2D eigenvalue weighted by Crippen LogP contribution is 2.25. The van der Waals surface area contributed by atoms with Crippen molar-refractivity contribution in [3.8, 4) is 0 Å². The van der Waals surface area contributed by atoms with E-state index >= 15 is 0 Å². The van der Waals surface area contributed by atoms with Gasteiger partial charge < -0.3 is 15.2 Å². The fourth-order valence-electron chi connectivity index (χ4n) is 3.95. The van der Waals surface area contributed by atoms with Crippen LogP contribution in [0.2, 0.25) is 0 Å². The lowest BCUT2D eigenvalue weighted by atomic mass is 9.88. The van der Waals surface area contributed by atoms with Crippen LogP contribution in [-0.2, 0) is 16.0 Å². The molecule has 2 fully saturated rings. The van der Waals surface area contributed by atoms with Crippen molar-refractivity contribution in [2.75, 3.05) is 20.1 Å². The van der Waals surface area contributed by atoms with E-state index in [0.717, 1.165) is 29.8 Å². The number of likely N-dealkylation sites (N-methyl/N-ethyl adjacent to an activating group) is 1. The molecule has 0 spiro atoms. The van der Waals surface area contributed by atoms with E-state index in [9.17, 15) is 9.59 Å². The molecule has 3 heterocycles. The number of H-pyrrole nitrogens is 1. The molecule has 0 saturated carbocycles. The van der Waals surface area contributed by atoms with Crippen LogP contribution < -0.4 is 16.2 Å². The summed E-state index contributed by atoms with van der Waals surface area (Å²) in [4.78, 5) is 34.4. The topological polar surface area (TPSA) is 102 Å². The number of piperidine rings is 1. The van der Waals surface area contributed by atoms with Gasteiger partial charge in [0, 0.05) is 44.9 Å². The zero-order valence-corrected chi connectivity index (χ0v) is 14.8. The summed E-state index contributed by atoms with van der Waals surface area (Å²) in [6, 6.07) is 7.80. The highest BCUT2D eigenvalue weighted by molar-refractivity contribution is 5.82. The van der Waals surface area contributed by atoms with Gasteiger partial charge in [-0.1, -0.05) is 12.1 Å². The summed E-state index contributed by atoms with van der Waals surface area (Å²) in [5.41, 5.74) is 8.18. The summed E-state index contributed by atoms with van der Waals surface area (Å²) in [5, 5.41) is 2.69. The number of nitrogens with zero attached hydrogens (tertiary/aromatic N) is 2. The zero-order valence-electron chi connectivity index (χ0n) is 14.8. The predicted molar refractivity (Wildman–Crippen MR) is 97.0 cm³/mol. The highest BCUT2D eigenvalue weighted by Gasteiger charge is 2.43. The fraction of sp³-hybridized carbons (Fsp3) is 0.500. The number of aromatic amines is 1. The van der Waals surface area contributed by atoms with Gasteiger partial charge in [0.2, 0.25) is 11.8 Å². The number of aryl methyl sites for hydroxylation is 1. The van der Waals surface area contributed by atoms with Crippen molar-refractivity contribution in [1.29, 1.82) is 0 Å². The summed E-state index contributed by atoms with van der Waals surface area (Å²) in [6.07, 6.45) is 1.86. The second-order valence-electron chi connectivity index (χ2n) is 6.98. The van der Waals surface area contributed by atoms with Crippen LogP contribution in [0, 0.1) is 5.92 Å². The molecule has 2 aliphatic heterocycles. The maximum absolute atomic E-state index is 12.7. The first kappa shape index (κ1) is 17.0. The summed E-state index contributed by atoms with van der Waals surface area (Å²) < 4.78 is 0. The van der Waals surface area contributed by atoms with E-state index in [1.807, 2.05) is 29.2 Å². The summed E-state index contributed by atoms with van der Waals surface area (Å²) in [5.74, 6) is 1.01. The Labute approximate surface area is 151 Å². The molecule has 1 aromatic heterocycles. The van der Waals surface area contributed by atoms with Gasteiger partial charge in [0.25, 0.3) is 0 Å². The van der Waals surface area contributed by atoms with Gasteiger partial charge in [0.05, 0.1) is 11.0 Å². The lowest BCUT2D eigenvalue weighted by Gasteiger charge is -2.35. The Morgan fingerprint density at radius 3 is 2.96 bits per heavy atom. The zero-order chi connectivity index (χ0) is 18.1. The van der Waals surface area contributed by atoms with E-state index in [1.165, 1.54) is 0 Å². The standard InChI is InChI=1S/C18H24N6O2/c1-19-18(26)17-11-10-24(9-8-12(11)22-23-17)16(25)7-6-15-20-13-4-2-3-5-14(13)21-15/h2-5,11-12,17,22-23H,6-10H2,1H3,(H,19,26)(H,20,21). The van der Waals surface area contributed by atoms with Crippen molar-refractivity contribution in [3.63, 3.8) is 0 Å². The van der Waals surface area contributed by atoms with E-state index < -0.39 is 0 Å². The Kier molecular flexibility index (Phi) is 4.60. The highest BCUT2D eigenvalue weighted by atomic mass is 16.2. The Morgan fingerprint density at radius 1 is 1.31 bits per heavy atom. The molecular formula is C18H24N6O2. The van der Waals surface area contributed by atoms with E-state index in [2.05, 4.69) is 26.1 Å². The van der Waals surface area contributed by atoms with Crippen LogP contribution in [0.4, 0.5) is 0 Å². The van der Waals surface area contributed by atoms with Crippen LogP contribution in [0.25, 0.3) is 11.0 Å². The third-order valence-corrected chi connectivity index (χ3v) is 5.41. The minimum Gasteiger partial charge on any atom is -0.358 e. The van der Waals surface area contributed by atoms with Crippen LogP contribution in [0.3, 0.4) is 0 Å². The third kappa shape index (κ3) is 3.17. The van der Waals surface area contributed by atoms with Gasteiger partial charge in [0.15, 0.2) is 0 Å². The monoisotopic (exact) mass is 356 g/mol. The molecule has 2 aliphatic rings. The second kappa shape index (κ2) is 7.05. The smallest absolute Gasteiger partial charge is 0.238 e. The number of carbonyl (C=O) groups is 2. The van der Waals surface area contributed by atoms with Crippen molar-refractivity contribution >= 4 is 22.8 Å². The molecule has 138 valence electrons. The molecule has 8 nitrogen and oxygen atoms in total. The van der Waals surface area contributed by atoms with Crippen molar-refractivity contribution in [2.24, 2.45) is 5.92 Å². The number of nitrogens with one attached hydrogen (secondary N) is 4. The fourth-order valence-corrected chi connectivity index (χ4v) is 3.95. The third-order valence-electron chi connectivity index (χ3n) is 5.41. The number of hydrogen-bond acceptors (Lipinski definition) is 5. The van der Waals surface area contributed by atoms with Gasteiger partial charge in [-0.25, -0.2) is 10.4 Å². The Balaban J connectivity index is 1.36. The predicted octanol–water partition coefficient (Wildman–Crippen LogP) is -0.0650. The van der Waals surface area contributed by atoms with Crippen LogP contribution in [0.1, 0.15) is 18.7 Å².